The van der Waals surface area contributed by atoms with E-state index in [0.717, 1.165) is 65.3 Å². The lowest BCUT2D eigenvalue weighted by Crippen LogP contribution is -2.63. The van der Waals surface area contributed by atoms with Crippen LogP contribution in [0.4, 0.5) is 0 Å². The number of hydrogen-bond acceptors (Lipinski definition) is 4. The fourth-order valence-electron chi connectivity index (χ4n) is 5.42. The molecule has 1 amide bonds. The highest BCUT2D eigenvalue weighted by molar-refractivity contribution is 5.76. The Hall–Kier alpha value is -2.21. The fourth-order valence-corrected chi connectivity index (χ4v) is 5.42. The van der Waals surface area contributed by atoms with Crippen LogP contribution in [-0.4, -0.2) is 72.1 Å². The number of carbonyl (C=O) groups is 1. The monoisotopic (exact) mass is 449 g/mol. The van der Waals surface area contributed by atoms with E-state index >= 15 is 0 Å². The van der Waals surface area contributed by atoms with E-state index in [4.69, 9.17) is 4.74 Å². The highest BCUT2D eigenvalue weighted by atomic mass is 16.5. The largest absolute Gasteiger partial charge is 0.381 e. The van der Waals surface area contributed by atoms with Crippen LogP contribution in [0, 0.1) is 0 Å². The van der Waals surface area contributed by atoms with E-state index in [0.29, 0.717) is 6.42 Å². The number of nitrogens with zero attached hydrogens (tertiary/aromatic N) is 3. The van der Waals surface area contributed by atoms with Gasteiger partial charge in [-0.05, 0) is 30.9 Å². The van der Waals surface area contributed by atoms with Gasteiger partial charge in [-0.15, -0.1) is 0 Å². The highest BCUT2D eigenvalue weighted by Gasteiger charge is 2.42. The summed E-state index contributed by atoms with van der Waals surface area (Å²) in [5, 5.41) is 0. The van der Waals surface area contributed by atoms with Crippen LogP contribution in [0.25, 0.3) is 0 Å². The van der Waals surface area contributed by atoms with E-state index in [1.54, 1.807) is 0 Å². The van der Waals surface area contributed by atoms with E-state index < -0.39 is 0 Å². The average molecular weight is 450 g/mol. The first kappa shape index (κ1) is 23.9. The molecular formula is C28H39N3O2. The Labute approximate surface area is 199 Å². The zero-order chi connectivity index (χ0) is 23.1. The van der Waals surface area contributed by atoms with Crippen LogP contribution in [0.1, 0.15) is 50.3 Å². The van der Waals surface area contributed by atoms with Gasteiger partial charge in [0.1, 0.15) is 0 Å². The number of amides is 1. The Morgan fingerprint density at radius 3 is 2.18 bits per heavy atom. The van der Waals surface area contributed by atoms with E-state index in [1.807, 2.05) is 13.0 Å². The number of ether oxygens (including phenoxy) is 1. The standard InChI is InChI=1S/C28H39N3O2/c1-3-27(32)31(24(2)26-12-8-5-9-13-26)23-28(14-20-33-21-15-28)30-18-16-29(17-19-30)22-25-10-6-4-7-11-25/h4-13,24H,3,14-23H2,1-2H3. The van der Waals surface area contributed by atoms with Gasteiger partial charge < -0.3 is 9.64 Å². The summed E-state index contributed by atoms with van der Waals surface area (Å²) in [5.74, 6) is 0.236. The summed E-state index contributed by atoms with van der Waals surface area (Å²) in [6.07, 6.45) is 2.51. The van der Waals surface area contributed by atoms with Crippen molar-refractivity contribution < 1.29 is 9.53 Å². The Balaban J connectivity index is 1.48. The predicted molar refractivity (Wildman–Crippen MR) is 133 cm³/mol. The summed E-state index contributed by atoms with van der Waals surface area (Å²) in [7, 11) is 0. The van der Waals surface area contributed by atoms with Gasteiger partial charge in [-0.1, -0.05) is 67.6 Å². The molecule has 0 aromatic heterocycles. The van der Waals surface area contributed by atoms with Gasteiger partial charge in [-0.25, -0.2) is 0 Å². The molecule has 0 radical (unpaired) electrons. The summed E-state index contributed by atoms with van der Waals surface area (Å²) in [6, 6.07) is 21.3. The molecule has 2 aromatic rings. The predicted octanol–water partition coefficient (Wildman–Crippen LogP) is 4.35. The molecule has 0 spiro atoms. The lowest BCUT2D eigenvalue weighted by atomic mass is 9.85. The molecule has 5 nitrogen and oxygen atoms in total. The number of carbonyl (C=O) groups excluding carboxylic acids is 1. The van der Waals surface area contributed by atoms with Crippen LogP contribution in [0.15, 0.2) is 60.7 Å². The summed E-state index contributed by atoms with van der Waals surface area (Å²) < 4.78 is 5.79. The zero-order valence-corrected chi connectivity index (χ0v) is 20.3. The van der Waals surface area contributed by atoms with Crippen molar-refractivity contribution in [2.24, 2.45) is 0 Å². The topological polar surface area (TPSA) is 36.0 Å². The first-order chi connectivity index (χ1) is 16.1. The number of hydrogen-bond donors (Lipinski definition) is 0. The van der Waals surface area contributed by atoms with Gasteiger partial charge in [-0.3, -0.25) is 14.6 Å². The van der Waals surface area contributed by atoms with Crippen molar-refractivity contribution in [3.8, 4) is 0 Å². The molecule has 178 valence electrons. The third-order valence-corrected chi connectivity index (χ3v) is 7.55. The summed E-state index contributed by atoms with van der Waals surface area (Å²) in [6.45, 7) is 11.7. The van der Waals surface area contributed by atoms with Crippen molar-refractivity contribution in [3.63, 3.8) is 0 Å². The van der Waals surface area contributed by atoms with E-state index in [1.165, 1.54) is 11.1 Å². The van der Waals surface area contributed by atoms with Crippen LogP contribution in [-0.2, 0) is 16.1 Å². The number of benzene rings is 2. The second-order valence-corrected chi connectivity index (χ2v) is 9.55. The van der Waals surface area contributed by atoms with Crippen molar-refractivity contribution in [3.05, 3.63) is 71.8 Å². The molecule has 1 atom stereocenters. The SMILES string of the molecule is CCC(=O)N(CC1(N2CCN(Cc3ccccc3)CC2)CCOCC1)C(C)c1ccccc1. The molecule has 1 unspecified atom stereocenters. The Morgan fingerprint density at radius 2 is 1.58 bits per heavy atom. The Kier molecular flexibility index (Phi) is 8.18. The lowest BCUT2D eigenvalue weighted by molar-refractivity contribution is -0.138. The fraction of sp³-hybridized carbons (Fsp3) is 0.536. The molecule has 0 bridgehead atoms. The zero-order valence-electron chi connectivity index (χ0n) is 20.3. The lowest BCUT2D eigenvalue weighted by Gasteiger charge is -2.52. The highest BCUT2D eigenvalue weighted by Crippen LogP contribution is 2.33. The van der Waals surface area contributed by atoms with Crippen molar-refractivity contribution in [2.75, 3.05) is 45.9 Å². The van der Waals surface area contributed by atoms with Crippen molar-refractivity contribution in [2.45, 2.75) is 51.2 Å². The average Bonchev–Trinajstić information content (AvgIpc) is 2.88. The summed E-state index contributed by atoms with van der Waals surface area (Å²) >= 11 is 0. The molecule has 4 rings (SSSR count). The smallest absolute Gasteiger partial charge is 0.222 e. The van der Waals surface area contributed by atoms with Gasteiger partial charge in [0.15, 0.2) is 0 Å². The van der Waals surface area contributed by atoms with Gasteiger partial charge in [0, 0.05) is 64.4 Å². The van der Waals surface area contributed by atoms with Gasteiger partial charge >= 0.3 is 0 Å². The minimum Gasteiger partial charge on any atom is -0.381 e. The molecule has 2 fully saturated rings. The van der Waals surface area contributed by atoms with E-state index in [2.05, 4.69) is 76.2 Å². The maximum absolute atomic E-state index is 13.1. The van der Waals surface area contributed by atoms with Crippen LogP contribution in [0.5, 0.6) is 0 Å². The Bertz CT molecular complexity index is 859. The molecule has 0 N–H and O–H groups in total. The quantitative estimate of drug-likeness (QED) is 0.600. The summed E-state index contributed by atoms with van der Waals surface area (Å²) in [4.78, 5) is 20.5. The molecule has 2 aliphatic rings. The molecule has 2 aromatic carbocycles. The normalized spacial score (nSPS) is 20.3. The van der Waals surface area contributed by atoms with Gasteiger partial charge in [0.2, 0.25) is 5.91 Å². The van der Waals surface area contributed by atoms with Crippen LogP contribution in [0.3, 0.4) is 0 Å². The molecule has 33 heavy (non-hydrogen) atoms. The Morgan fingerprint density at radius 1 is 0.970 bits per heavy atom. The molecule has 2 saturated heterocycles. The molecule has 5 heteroatoms. The first-order valence-electron chi connectivity index (χ1n) is 12.5. The van der Waals surface area contributed by atoms with Crippen LogP contribution >= 0.6 is 0 Å². The number of rotatable bonds is 8. The van der Waals surface area contributed by atoms with Gasteiger partial charge in [-0.2, -0.15) is 0 Å². The second kappa shape index (κ2) is 11.3. The van der Waals surface area contributed by atoms with Crippen LogP contribution in [0.2, 0.25) is 0 Å². The second-order valence-electron chi connectivity index (χ2n) is 9.55. The first-order valence-corrected chi connectivity index (χ1v) is 12.5. The van der Waals surface area contributed by atoms with Crippen molar-refractivity contribution in [1.82, 2.24) is 14.7 Å². The van der Waals surface area contributed by atoms with Crippen molar-refractivity contribution in [1.29, 1.82) is 0 Å². The van der Waals surface area contributed by atoms with E-state index in [-0.39, 0.29) is 17.5 Å². The molecule has 2 aliphatic heterocycles. The number of piperazine rings is 1. The molecule has 0 aliphatic carbocycles. The minimum atomic E-state index is -0.00897. The molecule has 2 heterocycles. The molecular weight excluding hydrogens is 410 g/mol. The third kappa shape index (κ3) is 5.84. The van der Waals surface area contributed by atoms with E-state index in [9.17, 15) is 4.79 Å². The van der Waals surface area contributed by atoms with Crippen LogP contribution < -0.4 is 0 Å². The van der Waals surface area contributed by atoms with Gasteiger partial charge in [0.05, 0.1) is 6.04 Å². The summed E-state index contributed by atoms with van der Waals surface area (Å²) in [5.41, 5.74) is 2.57. The third-order valence-electron chi connectivity index (χ3n) is 7.55. The molecule has 0 saturated carbocycles. The maximum atomic E-state index is 13.1. The van der Waals surface area contributed by atoms with Crippen molar-refractivity contribution >= 4 is 5.91 Å². The van der Waals surface area contributed by atoms with Gasteiger partial charge in [0.25, 0.3) is 0 Å². The maximum Gasteiger partial charge on any atom is 0.222 e. The minimum absolute atomic E-state index is 0.00897.